The second kappa shape index (κ2) is 6.20. The molecule has 4 heteroatoms. The molecule has 3 rings (SSSR count). The Morgan fingerprint density at radius 2 is 2.24 bits per heavy atom. The number of aryl methyl sites for hydroxylation is 2. The van der Waals surface area contributed by atoms with Crippen LogP contribution in [0.4, 0.5) is 0 Å². The Hall–Kier alpha value is -1.32. The number of likely N-dealkylation sites (N-methyl/N-ethyl adjacent to an activating group) is 1. The van der Waals surface area contributed by atoms with E-state index in [0.29, 0.717) is 5.92 Å². The summed E-state index contributed by atoms with van der Waals surface area (Å²) in [4.78, 5) is 0. The van der Waals surface area contributed by atoms with E-state index in [1.165, 1.54) is 17.5 Å². The van der Waals surface area contributed by atoms with Crippen LogP contribution in [0, 0.1) is 0 Å². The first-order chi connectivity index (χ1) is 10.3. The molecular weight excluding hydrogens is 282 g/mol. The van der Waals surface area contributed by atoms with Crippen LogP contribution in [0.2, 0.25) is 5.02 Å². The summed E-state index contributed by atoms with van der Waals surface area (Å²) in [5.41, 5.74) is 4.06. The van der Waals surface area contributed by atoms with Gasteiger partial charge in [0.15, 0.2) is 0 Å². The monoisotopic (exact) mass is 303 g/mol. The molecule has 1 aromatic heterocycles. The minimum Gasteiger partial charge on any atom is -0.311 e. The Morgan fingerprint density at radius 3 is 3.00 bits per heavy atom. The van der Waals surface area contributed by atoms with Gasteiger partial charge in [-0.15, -0.1) is 0 Å². The SMILES string of the molecule is CCCn1ncc(Cl)c1C(NC)C1CCc2ccccc21. The van der Waals surface area contributed by atoms with E-state index in [2.05, 4.69) is 46.3 Å². The van der Waals surface area contributed by atoms with Gasteiger partial charge in [0.25, 0.3) is 0 Å². The number of hydrogen-bond donors (Lipinski definition) is 1. The average Bonchev–Trinajstić information content (AvgIpc) is 3.07. The van der Waals surface area contributed by atoms with Crippen LogP contribution in [0.15, 0.2) is 30.5 Å². The molecule has 112 valence electrons. The van der Waals surface area contributed by atoms with E-state index in [1.54, 1.807) is 6.20 Å². The van der Waals surface area contributed by atoms with E-state index in [0.717, 1.165) is 30.1 Å². The van der Waals surface area contributed by atoms with Gasteiger partial charge in [0.1, 0.15) is 0 Å². The maximum absolute atomic E-state index is 6.44. The van der Waals surface area contributed by atoms with E-state index < -0.39 is 0 Å². The van der Waals surface area contributed by atoms with Gasteiger partial charge in [0.2, 0.25) is 0 Å². The Bertz CT molecular complexity index is 620. The number of rotatable bonds is 5. The summed E-state index contributed by atoms with van der Waals surface area (Å²) in [5, 5.41) is 8.70. The van der Waals surface area contributed by atoms with Gasteiger partial charge in [-0.2, -0.15) is 5.10 Å². The third-order valence-electron chi connectivity index (χ3n) is 4.46. The van der Waals surface area contributed by atoms with Crippen molar-refractivity contribution in [1.82, 2.24) is 15.1 Å². The molecular formula is C17H22ClN3. The highest BCUT2D eigenvalue weighted by Crippen LogP contribution is 2.42. The fourth-order valence-corrected chi connectivity index (χ4v) is 3.79. The lowest BCUT2D eigenvalue weighted by atomic mass is 9.91. The molecule has 0 bridgehead atoms. The van der Waals surface area contributed by atoms with Gasteiger partial charge in [-0.1, -0.05) is 42.8 Å². The van der Waals surface area contributed by atoms with Gasteiger partial charge in [-0.25, -0.2) is 0 Å². The zero-order chi connectivity index (χ0) is 14.8. The third kappa shape index (κ3) is 2.60. The zero-order valence-corrected chi connectivity index (χ0v) is 13.4. The first-order valence-electron chi connectivity index (χ1n) is 7.72. The number of aromatic nitrogens is 2. The summed E-state index contributed by atoms with van der Waals surface area (Å²) in [7, 11) is 2.02. The maximum Gasteiger partial charge on any atom is 0.0834 e. The molecule has 21 heavy (non-hydrogen) atoms. The van der Waals surface area contributed by atoms with Gasteiger partial charge in [-0.3, -0.25) is 4.68 Å². The molecule has 1 aliphatic rings. The van der Waals surface area contributed by atoms with E-state index in [4.69, 9.17) is 11.6 Å². The van der Waals surface area contributed by atoms with Crippen molar-refractivity contribution in [3.05, 3.63) is 52.3 Å². The molecule has 0 aliphatic heterocycles. The minimum absolute atomic E-state index is 0.218. The molecule has 2 aromatic rings. The van der Waals surface area contributed by atoms with Crippen molar-refractivity contribution in [2.24, 2.45) is 0 Å². The van der Waals surface area contributed by atoms with E-state index in [9.17, 15) is 0 Å². The normalized spacial score (nSPS) is 18.7. The Labute approximate surface area is 131 Å². The summed E-state index contributed by atoms with van der Waals surface area (Å²) in [6, 6.07) is 8.98. The molecule has 2 unspecified atom stereocenters. The Morgan fingerprint density at radius 1 is 1.43 bits per heavy atom. The predicted molar refractivity (Wildman–Crippen MR) is 86.8 cm³/mol. The molecule has 1 aliphatic carbocycles. The van der Waals surface area contributed by atoms with Crippen LogP contribution in [0.5, 0.6) is 0 Å². The fourth-order valence-electron chi connectivity index (χ4n) is 3.54. The topological polar surface area (TPSA) is 29.9 Å². The van der Waals surface area contributed by atoms with Gasteiger partial charge < -0.3 is 5.32 Å². The molecule has 0 fully saturated rings. The molecule has 3 nitrogen and oxygen atoms in total. The molecule has 0 spiro atoms. The zero-order valence-electron chi connectivity index (χ0n) is 12.6. The summed E-state index contributed by atoms with van der Waals surface area (Å²) in [6.07, 6.45) is 5.15. The maximum atomic E-state index is 6.44. The Balaban J connectivity index is 1.99. The molecule has 0 amide bonds. The minimum atomic E-state index is 0.218. The highest BCUT2D eigenvalue weighted by Gasteiger charge is 2.32. The largest absolute Gasteiger partial charge is 0.311 e. The summed E-state index contributed by atoms with van der Waals surface area (Å²) >= 11 is 6.44. The number of nitrogens with zero attached hydrogens (tertiary/aromatic N) is 2. The van der Waals surface area contributed by atoms with Gasteiger partial charge >= 0.3 is 0 Å². The number of fused-ring (bicyclic) bond motifs is 1. The summed E-state index contributed by atoms with van der Waals surface area (Å²) < 4.78 is 2.06. The van der Waals surface area contributed by atoms with Crippen molar-refractivity contribution in [2.75, 3.05) is 7.05 Å². The molecule has 0 saturated carbocycles. The van der Waals surface area contributed by atoms with Crippen molar-refractivity contribution in [2.45, 2.75) is 44.7 Å². The van der Waals surface area contributed by atoms with Crippen molar-refractivity contribution >= 4 is 11.6 Å². The molecule has 0 radical (unpaired) electrons. The van der Waals surface area contributed by atoms with E-state index in [1.807, 2.05) is 7.05 Å². The standard InChI is InChI=1S/C17H22ClN3/c1-3-10-21-17(15(18)11-20-21)16(19-2)14-9-8-12-6-4-5-7-13(12)14/h4-7,11,14,16,19H,3,8-10H2,1-2H3. The fraction of sp³-hybridized carbons (Fsp3) is 0.471. The smallest absolute Gasteiger partial charge is 0.0834 e. The van der Waals surface area contributed by atoms with Gasteiger partial charge in [0.05, 0.1) is 23.0 Å². The van der Waals surface area contributed by atoms with Crippen LogP contribution in [-0.4, -0.2) is 16.8 Å². The summed E-state index contributed by atoms with van der Waals surface area (Å²) in [5.74, 6) is 0.469. The molecule has 2 atom stereocenters. The van der Waals surface area contributed by atoms with Crippen molar-refractivity contribution in [1.29, 1.82) is 0 Å². The second-order valence-corrected chi connectivity index (χ2v) is 6.12. The Kier molecular flexibility index (Phi) is 4.32. The van der Waals surface area contributed by atoms with Gasteiger partial charge in [0, 0.05) is 12.5 Å². The van der Waals surface area contributed by atoms with Crippen LogP contribution in [0.25, 0.3) is 0 Å². The van der Waals surface area contributed by atoms with Crippen LogP contribution in [0.3, 0.4) is 0 Å². The third-order valence-corrected chi connectivity index (χ3v) is 4.75. The van der Waals surface area contributed by atoms with Crippen LogP contribution in [0.1, 0.15) is 48.5 Å². The number of benzene rings is 1. The lowest BCUT2D eigenvalue weighted by Gasteiger charge is -2.25. The lowest BCUT2D eigenvalue weighted by molar-refractivity contribution is 0.431. The van der Waals surface area contributed by atoms with E-state index in [-0.39, 0.29) is 6.04 Å². The lowest BCUT2D eigenvalue weighted by Crippen LogP contribution is -2.26. The highest BCUT2D eigenvalue weighted by molar-refractivity contribution is 6.31. The number of halogens is 1. The van der Waals surface area contributed by atoms with Crippen LogP contribution in [-0.2, 0) is 13.0 Å². The van der Waals surface area contributed by atoms with Crippen molar-refractivity contribution in [3.8, 4) is 0 Å². The number of hydrogen-bond acceptors (Lipinski definition) is 2. The first kappa shape index (κ1) is 14.6. The first-order valence-corrected chi connectivity index (χ1v) is 8.10. The molecule has 1 aromatic carbocycles. The molecule has 1 heterocycles. The van der Waals surface area contributed by atoms with Gasteiger partial charge in [-0.05, 0) is 37.4 Å². The molecule has 0 saturated heterocycles. The number of nitrogens with one attached hydrogen (secondary N) is 1. The van der Waals surface area contributed by atoms with Crippen LogP contribution >= 0.6 is 11.6 Å². The highest BCUT2D eigenvalue weighted by atomic mass is 35.5. The quantitative estimate of drug-likeness (QED) is 0.907. The average molecular weight is 304 g/mol. The van der Waals surface area contributed by atoms with Crippen molar-refractivity contribution in [3.63, 3.8) is 0 Å². The molecule has 1 N–H and O–H groups in total. The second-order valence-electron chi connectivity index (χ2n) is 5.71. The predicted octanol–water partition coefficient (Wildman–Crippen LogP) is 3.94. The van der Waals surface area contributed by atoms with Crippen molar-refractivity contribution < 1.29 is 0 Å². The summed E-state index contributed by atoms with van der Waals surface area (Å²) in [6.45, 7) is 3.08. The van der Waals surface area contributed by atoms with E-state index >= 15 is 0 Å². The van der Waals surface area contributed by atoms with Crippen LogP contribution < -0.4 is 5.32 Å².